The molecule has 0 amide bonds. The number of hydrogen-bond acceptors (Lipinski definition) is 2. The van der Waals surface area contributed by atoms with Gasteiger partial charge in [-0.05, 0) is 59.2 Å². The largest absolute Gasteiger partial charge is 0.494 e. The Morgan fingerprint density at radius 2 is 1.17 bits per heavy atom. The van der Waals surface area contributed by atoms with Crippen LogP contribution < -0.4 is 4.74 Å². The summed E-state index contributed by atoms with van der Waals surface area (Å²) in [6.45, 7) is 7.38. The van der Waals surface area contributed by atoms with Crippen molar-refractivity contribution in [1.82, 2.24) is 0 Å². The SMILES string of the molecule is CCCCCCCCCCCCCCCOc1ccc2cc(CCc3ccc(C(=O)C[C@H](C)CC)cc3)ccc2c1. The monoisotopic (exact) mass is 556 g/mol. The van der Waals surface area contributed by atoms with E-state index in [1.165, 1.54) is 98.9 Å². The van der Waals surface area contributed by atoms with Crippen LogP contribution in [0, 0.1) is 5.92 Å². The molecule has 3 rings (SSSR count). The zero-order valence-corrected chi connectivity index (χ0v) is 26.4. The number of aryl methyl sites for hydroxylation is 2. The van der Waals surface area contributed by atoms with E-state index in [4.69, 9.17) is 4.74 Å². The van der Waals surface area contributed by atoms with Crippen molar-refractivity contribution in [3.63, 3.8) is 0 Å². The number of ether oxygens (including phenoxy) is 1. The highest BCUT2D eigenvalue weighted by atomic mass is 16.5. The fourth-order valence-electron chi connectivity index (χ4n) is 5.55. The Balaban J connectivity index is 1.30. The number of unbranched alkanes of at least 4 members (excludes halogenated alkanes) is 12. The molecule has 2 heteroatoms. The van der Waals surface area contributed by atoms with Crippen LogP contribution in [0.15, 0.2) is 60.7 Å². The maximum atomic E-state index is 12.4. The number of carbonyl (C=O) groups excluding carboxylic acids is 1. The van der Waals surface area contributed by atoms with E-state index in [1.807, 2.05) is 12.1 Å². The van der Waals surface area contributed by atoms with Gasteiger partial charge in [0.15, 0.2) is 5.78 Å². The van der Waals surface area contributed by atoms with Crippen molar-refractivity contribution in [2.45, 2.75) is 130 Å². The Kier molecular flexibility index (Phi) is 15.6. The second kappa shape index (κ2) is 19.5. The summed E-state index contributed by atoms with van der Waals surface area (Å²) in [7, 11) is 0. The molecule has 3 aromatic carbocycles. The number of benzene rings is 3. The van der Waals surface area contributed by atoms with Crippen molar-refractivity contribution in [3.05, 3.63) is 77.4 Å². The highest BCUT2D eigenvalue weighted by Crippen LogP contribution is 2.23. The number of hydrogen-bond donors (Lipinski definition) is 0. The summed E-state index contributed by atoms with van der Waals surface area (Å²) < 4.78 is 6.08. The molecular weight excluding hydrogens is 500 g/mol. The minimum absolute atomic E-state index is 0.258. The highest BCUT2D eigenvalue weighted by molar-refractivity contribution is 5.96. The van der Waals surface area contributed by atoms with Crippen molar-refractivity contribution in [2.75, 3.05) is 6.61 Å². The topological polar surface area (TPSA) is 26.3 Å². The third-order valence-electron chi connectivity index (χ3n) is 8.60. The van der Waals surface area contributed by atoms with Crippen molar-refractivity contribution < 1.29 is 9.53 Å². The van der Waals surface area contributed by atoms with E-state index < -0.39 is 0 Å². The molecule has 0 unspecified atom stereocenters. The smallest absolute Gasteiger partial charge is 0.163 e. The van der Waals surface area contributed by atoms with Crippen LogP contribution in [-0.4, -0.2) is 12.4 Å². The van der Waals surface area contributed by atoms with Gasteiger partial charge in [0.05, 0.1) is 6.61 Å². The normalized spacial score (nSPS) is 12.1. The molecule has 0 radical (unpaired) electrons. The Hall–Kier alpha value is -2.61. The van der Waals surface area contributed by atoms with E-state index in [0.717, 1.165) is 43.6 Å². The fourth-order valence-corrected chi connectivity index (χ4v) is 5.55. The summed E-state index contributed by atoms with van der Waals surface area (Å²) in [6.07, 6.45) is 21.5. The molecule has 2 nitrogen and oxygen atoms in total. The predicted octanol–water partition coefficient (Wildman–Crippen LogP) is 11.7. The molecule has 0 saturated heterocycles. The Bertz CT molecular complexity index is 1130. The Labute approximate surface area is 251 Å². The molecule has 0 saturated carbocycles. The first-order valence-electron chi connectivity index (χ1n) is 16.9. The first kappa shape index (κ1) is 32.9. The summed E-state index contributed by atoms with van der Waals surface area (Å²) in [6, 6.07) is 21.5. The molecule has 224 valence electrons. The zero-order chi connectivity index (χ0) is 29.1. The van der Waals surface area contributed by atoms with Crippen molar-refractivity contribution in [3.8, 4) is 5.75 Å². The maximum Gasteiger partial charge on any atom is 0.163 e. The lowest BCUT2D eigenvalue weighted by atomic mass is 9.96. The number of ketones is 1. The van der Waals surface area contributed by atoms with E-state index in [0.29, 0.717) is 12.3 Å². The third-order valence-corrected chi connectivity index (χ3v) is 8.60. The average Bonchev–Trinajstić information content (AvgIpc) is 3.00. The molecule has 0 spiro atoms. The lowest BCUT2D eigenvalue weighted by Gasteiger charge is -2.09. The van der Waals surface area contributed by atoms with Gasteiger partial charge < -0.3 is 4.74 Å². The van der Waals surface area contributed by atoms with Crippen molar-refractivity contribution >= 4 is 16.6 Å². The van der Waals surface area contributed by atoms with Crippen LogP contribution in [0.1, 0.15) is 139 Å². The average molecular weight is 557 g/mol. The summed E-state index contributed by atoms with van der Waals surface area (Å²) in [5.41, 5.74) is 3.46. The number of carbonyl (C=O) groups is 1. The molecule has 0 fully saturated rings. The van der Waals surface area contributed by atoms with E-state index in [2.05, 4.69) is 69.3 Å². The summed E-state index contributed by atoms with van der Waals surface area (Å²) in [5.74, 6) is 1.68. The van der Waals surface area contributed by atoms with Gasteiger partial charge in [-0.1, -0.05) is 153 Å². The minimum atomic E-state index is 0.258. The molecule has 1 atom stereocenters. The summed E-state index contributed by atoms with van der Waals surface area (Å²) >= 11 is 0. The van der Waals surface area contributed by atoms with Crippen LogP contribution in [0.25, 0.3) is 10.8 Å². The molecule has 0 aromatic heterocycles. The fraction of sp³-hybridized carbons (Fsp3) is 0.564. The van der Waals surface area contributed by atoms with Gasteiger partial charge in [0.1, 0.15) is 5.75 Å². The molecule has 0 N–H and O–H groups in total. The minimum Gasteiger partial charge on any atom is -0.494 e. The molecule has 0 aliphatic carbocycles. The first-order valence-corrected chi connectivity index (χ1v) is 16.9. The van der Waals surface area contributed by atoms with Crippen LogP contribution in [0.5, 0.6) is 5.75 Å². The van der Waals surface area contributed by atoms with Crippen molar-refractivity contribution in [1.29, 1.82) is 0 Å². The first-order chi connectivity index (χ1) is 20.1. The van der Waals surface area contributed by atoms with Gasteiger partial charge >= 0.3 is 0 Å². The highest BCUT2D eigenvalue weighted by Gasteiger charge is 2.10. The molecule has 41 heavy (non-hydrogen) atoms. The second-order valence-corrected chi connectivity index (χ2v) is 12.3. The lowest BCUT2D eigenvalue weighted by molar-refractivity contribution is 0.0963. The lowest BCUT2D eigenvalue weighted by Crippen LogP contribution is -2.05. The van der Waals surface area contributed by atoms with Crippen LogP contribution >= 0.6 is 0 Å². The second-order valence-electron chi connectivity index (χ2n) is 12.3. The number of fused-ring (bicyclic) bond motifs is 1. The van der Waals surface area contributed by atoms with E-state index in [-0.39, 0.29) is 5.78 Å². The maximum absolute atomic E-state index is 12.4. The Morgan fingerprint density at radius 3 is 1.80 bits per heavy atom. The van der Waals surface area contributed by atoms with Gasteiger partial charge in [-0.25, -0.2) is 0 Å². The van der Waals surface area contributed by atoms with E-state index in [9.17, 15) is 4.79 Å². The molecule has 0 bridgehead atoms. The quantitative estimate of drug-likeness (QED) is 0.0908. The standard InChI is InChI=1S/C39H56O2/c1-4-6-7-8-9-10-11-12-13-14-15-16-17-28-41-38-27-26-36-30-34(22-25-37(36)31-38)19-18-33-20-23-35(24-21-33)39(40)29-32(3)5-2/h20-27,30-32H,4-19,28-29H2,1-3H3/t32-/m1/s1. The molecule has 0 aliphatic rings. The van der Waals surface area contributed by atoms with Crippen molar-refractivity contribution in [2.24, 2.45) is 5.92 Å². The van der Waals surface area contributed by atoms with Crippen LogP contribution in [0.2, 0.25) is 0 Å². The summed E-state index contributed by atoms with van der Waals surface area (Å²) in [4.78, 5) is 12.4. The number of Topliss-reactive ketones (excluding diaryl/α,β-unsaturated/α-hetero) is 1. The van der Waals surface area contributed by atoms with E-state index in [1.54, 1.807) is 0 Å². The van der Waals surface area contributed by atoms with Gasteiger partial charge in [0.25, 0.3) is 0 Å². The predicted molar refractivity (Wildman–Crippen MR) is 177 cm³/mol. The summed E-state index contributed by atoms with van der Waals surface area (Å²) in [5, 5.41) is 2.50. The van der Waals surface area contributed by atoms with Gasteiger partial charge in [0.2, 0.25) is 0 Å². The Morgan fingerprint density at radius 1 is 0.634 bits per heavy atom. The van der Waals surface area contributed by atoms with Crippen LogP contribution in [0.3, 0.4) is 0 Å². The van der Waals surface area contributed by atoms with Gasteiger partial charge in [-0.15, -0.1) is 0 Å². The zero-order valence-electron chi connectivity index (χ0n) is 26.4. The van der Waals surface area contributed by atoms with Crippen LogP contribution in [-0.2, 0) is 12.8 Å². The van der Waals surface area contributed by atoms with Crippen LogP contribution in [0.4, 0.5) is 0 Å². The van der Waals surface area contributed by atoms with E-state index >= 15 is 0 Å². The molecule has 3 aromatic rings. The number of rotatable bonds is 22. The molecule has 0 aliphatic heterocycles. The van der Waals surface area contributed by atoms with Gasteiger partial charge in [-0.3, -0.25) is 4.79 Å². The third kappa shape index (κ3) is 12.8. The molecular formula is C39H56O2. The van der Waals surface area contributed by atoms with Gasteiger partial charge in [-0.2, -0.15) is 0 Å². The van der Waals surface area contributed by atoms with Gasteiger partial charge in [0, 0.05) is 12.0 Å². The molecule has 0 heterocycles.